The van der Waals surface area contributed by atoms with Crippen molar-refractivity contribution in [2.45, 2.75) is 47.1 Å². The van der Waals surface area contributed by atoms with E-state index in [9.17, 15) is 4.79 Å². The topological polar surface area (TPSA) is 34.9 Å². The van der Waals surface area contributed by atoms with Crippen molar-refractivity contribution in [1.82, 2.24) is 9.78 Å². The molecule has 3 nitrogen and oxygen atoms in total. The number of hydrogen-bond acceptors (Lipinski definition) is 2. The molecule has 3 heteroatoms. The van der Waals surface area contributed by atoms with Gasteiger partial charge in [0.15, 0.2) is 0 Å². The van der Waals surface area contributed by atoms with Gasteiger partial charge in [-0.15, -0.1) is 0 Å². The van der Waals surface area contributed by atoms with Crippen LogP contribution >= 0.6 is 0 Å². The summed E-state index contributed by atoms with van der Waals surface area (Å²) in [6, 6.07) is 0. The smallest absolute Gasteiger partial charge is 0.142 e. The van der Waals surface area contributed by atoms with Crippen LogP contribution < -0.4 is 0 Å². The molecule has 0 fully saturated rings. The number of nitrogens with zero attached hydrogens (tertiary/aromatic N) is 2. The third-order valence-corrected chi connectivity index (χ3v) is 3.01. The molecule has 0 aliphatic carbocycles. The van der Waals surface area contributed by atoms with Gasteiger partial charge in [0.05, 0.1) is 6.20 Å². The monoisotopic (exact) mass is 208 g/mol. The Morgan fingerprint density at radius 2 is 2.13 bits per heavy atom. The maximum absolute atomic E-state index is 11.9. The number of carbonyl (C=O) groups excluding carboxylic acids is 1. The molecule has 0 aliphatic heterocycles. The predicted molar refractivity (Wildman–Crippen MR) is 60.7 cm³/mol. The van der Waals surface area contributed by atoms with Gasteiger partial charge in [-0.3, -0.25) is 9.48 Å². The summed E-state index contributed by atoms with van der Waals surface area (Å²) in [5.41, 5.74) is 0.803. The van der Waals surface area contributed by atoms with Crippen LogP contribution in [-0.2, 0) is 17.8 Å². The molecule has 0 unspecified atom stereocenters. The van der Waals surface area contributed by atoms with Crippen LogP contribution in [0.2, 0.25) is 0 Å². The molecular weight excluding hydrogens is 188 g/mol. The van der Waals surface area contributed by atoms with Crippen molar-refractivity contribution >= 4 is 5.78 Å². The van der Waals surface area contributed by atoms with Crippen molar-refractivity contribution in [2.75, 3.05) is 0 Å². The van der Waals surface area contributed by atoms with Crippen LogP contribution in [0.25, 0.3) is 0 Å². The van der Waals surface area contributed by atoms with Gasteiger partial charge in [0.25, 0.3) is 0 Å². The minimum Gasteiger partial charge on any atom is -0.299 e. The lowest BCUT2D eigenvalue weighted by atomic mass is 9.83. The van der Waals surface area contributed by atoms with Gasteiger partial charge in [0.2, 0.25) is 0 Å². The maximum atomic E-state index is 11.9. The lowest BCUT2D eigenvalue weighted by molar-refractivity contribution is -0.126. The molecule has 0 N–H and O–H groups in total. The normalized spacial score (nSPS) is 11.7. The third-order valence-electron chi connectivity index (χ3n) is 3.01. The average Bonchev–Trinajstić information content (AvgIpc) is 2.65. The Hall–Kier alpha value is -1.12. The number of hydrogen-bond donors (Lipinski definition) is 0. The molecule has 1 aromatic heterocycles. The van der Waals surface area contributed by atoms with Crippen molar-refractivity contribution in [3.63, 3.8) is 0 Å². The Balaban J connectivity index is 2.66. The first-order valence-electron chi connectivity index (χ1n) is 5.54. The van der Waals surface area contributed by atoms with Crippen molar-refractivity contribution in [3.05, 3.63) is 18.0 Å². The second-order valence-electron chi connectivity index (χ2n) is 4.54. The minimum atomic E-state index is -0.214. The first kappa shape index (κ1) is 12.0. The van der Waals surface area contributed by atoms with Crippen molar-refractivity contribution in [1.29, 1.82) is 0 Å². The molecule has 0 bridgehead atoms. The lowest BCUT2D eigenvalue weighted by Crippen LogP contribution is -2.24. The van der Waals surface area contributed by atoms with Gasteiger partial charge in [-0.25, -0.2) is 0 Å². The van der Waals surface area contributed by atoms with Crippen LogP contribution in [0, 0.1) is 5.41 Å². The van der Waals surface area contributed by atoms with E-state index < -0.39 is 0 Å². The van der Waals surface area contributed by atoms with Gasteiger partial charge in [0, 0.05) is 24.6 Å². The summed E-state index contributed by atoms with van der Waals surface area (Å²) in [6.45, 7) is 8.94. The number of aromatic nitrogens is 2. The molecule has 0 spiro atoms. The largest absolute Gasteiger partial charge is 0.299 e. The van der Waals surface area contributed by atoms with E-state index in [1.54, 1.807) is 6.20 Å². The molecule has 84 valence electrons. The molecule has 0 amide bonds. The number of aryl methyl sites for hydroxylation is 1. The zero-order valence-electron chi connectivity index (χ0n) is 10.1. The van der Waals surface area contributed by atoms with Crippen LogP contribution in [0.15, 0.2) is 12.4 Å². The number of rotatable bonds is 5. The molecule has 15 heavy (non-hydrogen) atoms. The van der Waals surface area contributed by atoms with Gasteiger partial charge < -0.3 is 0 Å². The van der Waals surface area contributed by atoms with E-state index in [1.807, 2.05) is 38.6 Å². The minimum absolute atomic E-state index is 0.214. The second kappa shape index (κ2) is 4.60. The van der Waals surface area contributed by atoms with Crippen LogP contribution in [0.4, 0.5) is 0 Å². The Labute approximate surface area is 91.5 Å². The summed E-state index contributed by atoms with van der Waals surface area (Å²) in [5, 5.41) is 4.16. The third kappa shape index (κ3) is 2.91. The zero-order valence-corrected chi connectivity index (χ0v) is 10.1. The highest BCUT2D eigenvalue weighted by atomic mass is 16.1. The summed E-state index contributed by atoms with van der Waals surface area (Å²) in [5.74, 6) is 0.292. The quantitative estimate of drug-likeness (QED) is 0.745. The molecule has 1 heterocycles. The predicted octanol–water partition coefficient (Wildman–Crippen LogP) is 2.45. The molecule has 0 radical (unpaired) electrons. The zero-order chi connectivity index (χ0) is 11.5. The maximum Gasteiger partial charge on any atom is 0.142 e. The van der Waals surface area contributed by atoms with Crippen LogP contribution in [-0.4, -0.2) is 15.6 Å². The van der Waals surface area contributed by atoms with Crippen LogP contribution in [0.5, 0.6) is 0 Å². The molecule has 0 saturated heterocycles. The highest BCUT2D eigenvalue weighted by molar-refractivity contribution is 5.85. The molecule has 1 rings (SSSR count). The van der Waals surface area contributed by atoms with Gasteiger partial charge >= 0.3 is 0 Å². The fourth-order valence-electron chi connectivity index (χ4n) is 1.29. The van der Waals surface area contributed by atoms with E-state index >= 15 is 0 Å². The summed E-state index contributed by atoms with van der Waals surface area (Å²) in [6.07, 6.45) is 5.12. The van der Waals surface area contributed by atoms with Crippen LogP contribution in [0.3, 0.4) is 0 Å². The second-order valence-corrected chi connectivity index (χ2v) is 4.54. The SMILES string of the molecule is CCn1cc(CC(=O)C(C)(C)CC)cn1. The van der Waals surface area contributed by atoms with E-state index in [-0.39, 0.29) is 5.41 Å². The Bertz CT molecular complexity index is 339. The first-order chi connectivity index (χ1) is 6.99. The highest BCUT2D eigenvalue weighted by Gasteiger charge is 2.25. The molecule has 0 aromatic carbocycles. The fraction of sp³-hybridized carbons (Fsp3) is 0.667. The standard InChI is InChI=1S/C12H20N2O/c1-5-12(3,4)11(15)7-10-8-13-14(6-2)9-10/h8-9H,5-7H2,1-4H3. The molecule has 0 aliphatic rings. The lowest BCUT2D eigenvalue weighted by Gasteiger charge is -2.20. The number of carbonyl (C=O) groups is 1. The molecule has 0 atom stereocenters. The molecule has 0 saturated carbocycles. The van der Waals surface area contributed by atoms with Gasteiger partial charge in [-0.05, 0) is 18.9 Å². The Kier molecular flexibility index (Phi) is 3.66. The Morgan fingerprint density at radius 3 is 2.60 bits per heavy atom. The van der Waals surface area contributed by atoms with E-state index in [1.165, 1.54) is 0 Å². The summed E-state index contributed by atoms with van der Waals surface area (Å²) in [7, 11) is 0. The summed E-state index contributed by atoms with van der Waals surface area (Å²) < 4.78 is 1.85. The van der Waals surface area contributed by atoms with Crippen molar-refractivity contribution in [2.24, 2.45) is 5.41 Å². The Morgan fingerprint density at radius 1 is 1.47 bits per heavy atom. The van der Waals surface area contributed by atoms with E-state index in [0.29, 0.717) is 12.2 Å². The van der Waals surface area contributed by atoms with Crippen molar-refractivity contribution in [3.8, 4) is 0 Å². The fourth-order valence-corrected chi connectivity index (χ4v) is 1.29. The first-order valence-corrected chi connectivity index (χ1v) is 5.54. The van der Waals surface area contributed by atoms with E-state index in [0.717, 1.165) is 18.5 Å². The van der Waals surface area contributed by atoms with Gasteiger partial charge in [-0.1, -0.05) is 20.8 Å². The highest BCUT2D eigenvalue weighted by Crippen LogP contribution is 2.22. The average molecular weight is 208 g/mol. The van der Waals surface area contributed by atoms with E-state index in [4.69, 9.17) is 0 Å². The van der Waals surface area contributed by atoms with Gasteiger partial charge in [0.1, 0.15) is 5.78 Å². The summed E-state index contributed by atoms with van der Waals surface area (Å²) in [4.78, 5) is 11.9. The van der Waals surface area contributed by atoms with Crippen molar-refractivity contribution < 1.29 is 4.79 Å². The number of ketones is 1. The van der Waals surface area contributed by atoms with Gasteiger partial charge in [-0.2, -0.15) is 5.10 Å². The van der Waals surface area contributed by atoms with E-state index in [2.05, 4.69) is 5.10 Å². The molecule has 1 aromatic rings. The van der Waals surface area contributed by atoms with Crippen LogP contribution in [0.1, 0.15) is 39.7 Å². The molecular formula is C12H20N2O. The number of Topliss-reactive ketones (excluding diaryl/α,β-unsaturated/α-hetero) is 1. The summed E-state index contributed by atoms with van der Waals surface area (Å²) >= 11 is 0.